The molecule has 11 amide bonds. The minimum absolute atomic E-state index is 0.00600. The van der Waals surface area contributed by atoms with Crippen LogP contribution in [0.5, 0.6) is 0 Å². The molecule has 25 heteroatoms. The number of amides is 11. The number of nitrogens with one attached hydrogen (secondary N) is 4. The van der Waals surface area contributed by atoms with E-state index in [1.807, 2.05) is 41.5 Å². The first kappa shape index (κ1) is 81.5. The fourth-order valence-electron chi connectivity index (χ4n) is 11.2. The van der Waals surface area contributed by atoms with E-state index >= 15 is 9.59 Å². The lowest BCUT2D eigenvalue weighted by molar-refractivity contribution is -0.157. The molecule has 1 rings (SSSR count). The van der Waals surface area contributed by atoms with E-state index in [0.29, 0.717) is 25.8 Å². The van der Waals surface area contributed by atoms with Crippen molar-refractivity contribution in [3.8, 4) is 0 Å². The first-order chi connectivity index (χ1) is 41.8. The summed E-state index contributed by atoms with van der Waals surface area (Å²) in [6.45, 7) is 31.2. The van der Waals surface area contributed by atoms with Gasteiger partial charge in [-0.3, -0.25) is 52.7 Å². The van der Waals surface area contributed by atoms with E-state index in [1.54, 1.807) is 67.5 Å². The van der Waals surface area contributed by atoms with Gasteiger partial charge >= 0.3 is 0 Å². The van der Waals surface area contributed by atoms with Crippen molar-refractivity contribution in [1.82, 2.24) is 55.6 Å². The first-order valence-corrected chi connectivity index (χ1v) is 32.2. The Morgan fingerprint density at radius 1 is 0.544 bits per heavy atom. The van der Waals surface area contributed by atoms with Gasteiger partial charge in [0.25, 0.3) is 0 Å². The second-order valence-corrected chi connectivity index (χ2v) is 26.6. The minimum Gasteiger partial charge on any atom is -0.390 e. The summed E-state index contributed by atoms with van der Waals surface area (Å²) in [6.07, 6.45) is 2.93. The van der Waals surface area contributed by atoms with Crippen LogP contribution in [0.3, 0.4) is 0 Å². The lowest BCUT2D eigenvalue weighted by Gasteiger charge is -2.41. The number of aliphatic hydroxyl groups is 1. The molecule has 0 bridgehead atoms. The Balaban J connectivity index is 4.39. The molecule has 1 heterocycles. The zero-order valence-corrected chi connectivity index (χ0v) is 58.7. The number of carbonyl (C=O) groups excluding carboxylic acids is 11. The molecule has 1 aliphatic heterocycles. The summed E-state index contributed by atoms with van der Waals surface area (Å²) in [5, 5.41) is 23.1. The van der Waals surface area contributed by atoms with E-state index in [4.69, 9.17) is 4.74 Å². The zero-order valence-electron chi connectivity index (χ0n) is 58.7. The van der Waals surface area contributed by atoms with E-state index < -0.39 is 162 Å². The van der Waals surface area contributed by atoms with E-state index in [0.717, 1.165) is 14.7 Å². The van der Waals surface area contributed by atoms with Gasteiger partial charge in [0.2, 0.25) is 65.0 Å². The van der Waals surface area contributed by atoms with Gasteiger partial charge in [0.15, 0.2) is 0 Å². The van der Waals surface area contributed by atoms with Crippen LogP contribution in [-0.4, -0.2) is 253 Å². The van der Waals surface area contributed by atoms with Gasteiger partial charge in [0.05, 0.1) is 18.8 Å². The number of hydrogen-bond donors (Lipinski definition) is 5. The van der Waals surface area contributed by atoms with Gasteiger partial charge < -0.3 is 70.4 Å². The average molecular weight is 1270 g/mol. The molecule has 0 unspecified atom stereocenters. The van der Waals surface area contributed by atoms with Gasteiger partial charge in [0, 0.05) is 62.5 Å². The predicted octanol–water partition coefficient (Wildman–Crippen LogP) is 3.11. The molecule has 0 aromatic heterocycles. The van der Waals surface area contributed by atoms with Crippen LogP contribution in [0.1, 0.15) is 156 Å². The van der Waals surface area contributed by atoms with Crippen molar-refractivity contribution < 1.29 is 62.6 Å². The van der Waals surface area contributed by atoms with Crippen LogP contribution in [0.15, 0.2) is 17.1 Å². The Bertz CT molecular complexity index is 2450. The highest BCUT2D eigenvalue weighted by Crippen LogP contribution is 2.26. The van der Waals surface area contributed by atoms with Crippen LogP contribution in [0, 0.1) is 35.5 Å². The summed E-state index contributed by atoms with van der Waals surface area (Å²) in [6, 6.07) is -12.9. The number of aliphatic imine (C=N–C) groups is 1. The van der Waals surface area contributed by atoms with Crippen LogP contribution in [0.25, 0.3) is 0 Å². The molecule has 0 aliphatic carbocycles. The molecule has 0 spiro atoms. The molecular formula is C65H116N12O13. The van der Waals surface area contributed by atoms with Crippen LogP contribution < -0.4 is 21.3 Å². The van der Waals surface area contributed by atoms with Crippen molar-refractivity contribution in [3.63, 3.8) is 0 Å². The highest BCUT2D eigenvalue weighted by molar-refractivity contribution is 5.99. The molecule has 5 N–H and O–H groups in total. The highest BCUT2D eigenvalue weighted by atomic mass is 16.5. The molecule has 514 valence electrons. The van der Waals surface area contributed by atoms with Crippen molar-refractivity contribution in [2.45, 2.75) is 228 Å². The molecule has 0 aromatic rings. The number of carbonyl (C=O) groups is 11. The van der Waals surface area contributed by atoms with Crippen LogP contribution in [0.4, 0.5) is 0 Å². The average Bonchev–Trinajstić information content (AvgIpc) is 1.01. The molecule has 1 aliphatic rings. The maximum Gasteiger partial charge on any atom is 0.246 e. The molecule has 13 atom stereocenters. The smallest absolute Gasteiger partial charge is 0.246 e. The van der Waals surface area contributed by atoms with E-state index in [-0.39, 0.29) is 50.0 Å². The summed E-state index contributed by atoms with van der Waals surface area (Å²) >= 11 is 0. The molecule has 1 saturated heterocycles. The maximum atomic E-state index is 15.2. The van der Waals surface area contributed by atoms with Crippen molar-refractivity contribution in [2.24, 2.45) is 40.5 Å². The van der Waals surface area contributed by atoms with E-state index in [2.05, 4.69) is 33.0 Å². The van der Waals surface area contributed by atoms with Gasteiger partial charge in [-0.25, -0.2) is 0 Å². The van der Waals surface area contributed by atoms with Crippen molar-refractivity contribution in [1.29, 1.82) is 0 Å². The van der Waals surface area contributed by atoms with E-state index in [9.17, 15) is 48.3 Å². The summed E-state index contributed by atoms with van der Waals surface area (Å²) in [5.74, 6) is -10.1. The normalized spacial score (nSPS) is 26.3. The lowest BCUT2D eigenvalue weighted by Crippen LogP contribution is -2.63. The number of rotatable bonds is 20. The molecular weight excluding hydrogens is 1160 g/mol. The summed E-state index contributed by atoms with van der Waals surface area (Å²) in [7, 11) is 9.80. The van der Waals surface area contributed by atoms with Crippen LogP contribution in [0.2, 0.25) is 0 Å². The molecule has 90 heavy (non-hydrogen) atoms. The highest BCUT2D eigenvalue weighted by Gasteiger charge is 2.46. The fraction of sp³-hybridized carbons (Fsp3) is 0.785. The van der Waals surface area contributed by atoms with Crippen molar-refractivity contribution in [3.05, 3.63) is 12.2 Å². The quantitative estimate of drug-likeness (QED) is 0.0666. The third-order valence-corrected chi connectivity index (χ3v) is 16.8. The Labute approximate surface area is 537 Å². The van der Waals surface area contributed by atoms with Gasteiger partial charge in [-0.15, -0.1) is 0 Å². The number of nitrogens with zero attached hydrogens (tertiary/aromatic N) is 8. The Hall–Kier alpha value is -6.50. The Morgan fingerprint density at radius 3 is 1.51 bits per heavy atom. The number of allylic oxidation sites excluding steroid dienone is 2. The maximum absolute atomic E-state index is 15.2. The van der Waals surface area contributed by atoms with Crippen LogP contribution in [-0.2, 0) is 57.5 Å². The Kier molecular flexibility index (Phi) is 34.8. The number of ether oxygens (including phenoxy) is 1. The largest absolute Gasteiger partial charge is 0.390 e. The van der Waals surface area contributed by atoms with Gasteiger partial charge in [-0.1, -0.05) is 95.2 Å². The third kappa shape index (κ3) is 23.3. The molecule has 0 radical (unpaired) electrons. The van der Waals surface area contributed by atoms with Crippen molar-refractivity contribution in [2.75, 3.05) is 69.0 Å². The second kappa shape index (κ2) is 38.4. The van der Waals surface area contributed by atoms with Gasteiger partial charge in [-0.2, -0.15) is 0 Å². The van der Waals surface area contributed by atoms with Gasteiger partial charge in [-0.05, 0) is 115 Å². The molecule has 1 fully saturated rings. The van der Waals surface area contributed by atoms with Crippen LogP contribution >= 0.6 is 0 Å². The topological polar surface area (TPSA) is 300 Å². The Morgan fingerprint density at radius 2 is 1.02 bits per heavy atom. The fourth-order valence-corrected chi connectivity index (χ4v) is 11.2. The zero-order chi connectivity index (χ0) is 69.5. The standard InChI is InChI=1S/C65H116N12O13/c1-25-27-30-42(13)55(79)54-59(83)69-46(26-2)61(85)71(18)36-50(78)75(22)53(45(16)90-32-29-28-31-66-17)58(82)70-51(40(9)10)64(88)72(19)47(33-37(3)4)57(81)67-43(14)56(80)68-44(15)60(84)73(20)48(34-38(5)6)62(86)74(21)49(35-39(7)8)63(87)76(23)52(41(11)12)65(89)77(54)24/h25,27,37-49,51-55,79H,17,26,28-36H2,1-16,18-24H3,(H,67,81)(H,68,80)(H,69,83)(H,70,82)/b27-25+/t42-,43+,44-,45-,46+,47+,48+,49+,51+,52+,53+,54+,55-/m1/s1. The molecule has 0 saturated carbocycles. The number of aliphatic hydroxyl groups excluding tert-OH is 1. The summed E-state index contributed by atoms with van der Waals surface area (Å²) in [4.78, 5) is 174. The predicted molar refractivity (Wildman–Crippen MR) is 348 cm³/mol. The third-order valence-electron chi connectivity index (χ3n) is 16.8. The summed E-state index contributed by atoms with van der Waals surface area (Å²) < 4.78 is 6.16. The number of likely N-dealkylation sites (N-methyl/N-ethyl adjacent to an activating group) is 7. The second-order valence-electron chi connectivity index (χ2n) is 26.6. The minimum atomic E-state index is -1.63. The van der Waals surface area contributed by atoms with Gasteiger partial charge in [0.1, 0.15) is 60.4 Å². The summed E-state index contributed by atoms with van der Waals surface area (Å²) in [5.41, 5.74) is 0. The lowest BCUT2D eigenvalue weighted by atomic mass is 9.91. The SMILES string of the molecule is C=NCCCCO[C@H](C)[C@H]1C(=O)N[C@@H](C(C)C)C(=O)N(C)[C@@H](CC(C)C)C(=O)N[C@@H](C)C(=O)N[C@H](C)C(=O)N(C)[C@@H](CC(C)C)C(=O)N(C)[C@@H](CC(C)C)C(=O)N(C)[C@@H](C(C)C)C(=O)N(C)[C@@H]([C@H](O)[C@H](C)C/C=C/C)C(=O)N[C@@H](CC)C(=O)N(C)CC(=O)N1C. The monoisotopic (exact) mass is 1270 g/mol. The van der Waals surface area contributed by atoms with Crippen molar-refractivity contribution >= 4 is 71.7 Å². The number of hydrogen-bond acceptors (Lipinski definition) is 14. The van der Waals surface area contributed by atoms with E-state index in [1.165, 1.54) is 82.8 Å². The number of unbranched alkanes of at least 4 members (excludes halogenated alkanes) is 1. The molecule has 0 aromatic carbocycles. The first-order valence-electron chi connectivity index (χ1n) is 32.2. The molecule has 25 nitrogen and oxygen atoms in total.